The molecule has 35 heavy (non-hydrogen) atoms. The van der Waals surface area contributed by atoms with Gasteiger partial charge in [-0.25, -0.2) is 13.1 Å². The Morgan fingerprint density at radius 1 is 1.06 bits per heavy atom. The van der Waals surface area contributed by atoms with Gasteiger partial charge in [0.15, 0.2) is 0 Å². The second kappa shape index (κ2) is 8.54. The van der Waals surface area contributed by atoms with Crippen molar-refractivity contribution >= 4 is 10.0 Å². The summed E-state index contributed by atoms with van der Waals surface area (Å²) >= 11 is 0. The standard InChI is InChI=1S/C29H48N2O3S/c1-17-12-25-19(3)29(34-27(25)30-16-17)11-9-22-23-7-6-20-13-21(31-35(5,32)33)8-10-28(20,4)26(23)14-24(22)18(2)15-29/h17,19-23,25-27,30-31H,6-16H2,1-5H3/t17-,19+,20+,21-,22-,23-,25-,26-,27-,28-,29-/m0/s1. The van der Waals surface area contributed by atoms with Crippen LogP contribution in [0.2, 0.25) is 0 Å². The third-order valence-corrected chi connectivity index (χ3v) is 12.8. The molecule has 1 spiro atoms. The van der Waals surface area contributed by atoms with Gasteiger partial charge in [-0.15, -0.1) is 0 Å². The van der Waals surface area contributed by atoms with Crippen LogP contribution in [0, 0.1) is 46.8 Å². The van der Waals surface area contributed by atoms with E-state index in [0.29, 0.717) is 23.2 Å². The normalized spacial score (nSPS) is 52.0. The number of nitrogens with one attached hydrogen (secondary N) is 2. The molecule has 6 heteroatoms. The van der Waals surface area contributed by atoms with Crippen LogP contribution in [0.4, 0.5) is 0 Å². The van der Waals surface area contributed by atoms with E-state index in [0.717, 1.165) is 49.5 Å². The van der Waals surface area contributed by atoms with Gasteiger partial charge in [-0.05, 0) is 112 Å². The number of allylic oxidation sites excluding steroid dienone is 1. The quantitative estimate of drug-likeness (QED) is 0.505. The third kappa shape index (κ3) is 4.08. The van der Waals surface area contributed by atoms with Crippen LogP contribution in [0.15, 0.2) is 11.1 Å². The lowest BCUT2D eigenvalue weighted by molar-refractivity contribution is -0.0818. The van der Waals surface area contributed by atoms with Gasteiger partial charge in [-0.3, -0.25) is 5.32 Å². The fourth-order valence-electron chi connectivity index (χ4n) is 10.3. The summed E-state index contributed by atoms with van der Waals surface area (Å²) in [5.41, 5.74) is 3.83. The van der Waals surface area contributed by atoms with Gasteiger partial charge >= 0.3 is 0 Å². The summed E-state index contributed by atoms with van der Waals surface area (Å²) in [7, 11) is -3.13. The van der Waals surface area contributed by atoms with Gasteiger partial charge in [0.25, 0.3) is 0 Å². The number of hydrogen-bond donors (Lipinski definition) is 2. The van der Waals surface area contributed by atoms with E-state index >= 15 is 0 Å². The molecule has 0 amide bonds. The summed E-state index contributed by atoms with van der Waals surface area (Å²) in [5, 5.41) is 3.74. The Morgan fingerprint density at radius 3 is 2.63 bits per heavy atom. The first-order chi connectivity index (χ1) is 16.5. The van der Waals surface area contributed by atoms with E-state index in [1.54, 1.807) is 11.1 Å². The molecule has 0 bridgehead atoms. The molecule has 5 nitrogen and oxygen atoms in total. The summed E-state index contributed by atoms with van der Waals surface area (Å²) in [6, 6.07) is 0.133. The molecule has 0 aromatic carbocycles. The molecule has 198 valence electrons. The van der Waals surface area contributed by atoms with Gasteiger partial charge in [0.05, 0.1) is 11.9 Å². The zero-order valence-electron chi connectivity index (χ0n) is 22.6. The van der Waals surface area contributed by atoms with Crippen LogP contribution in [0.3, 0.4) is 0 Å². The smallest absolute Gasteiger partial charge is 0.208 e. The van der Waals surface area contributed by atoms with Crippen molar-refractivity contribution in [3.63, 3.8) is 0 Å². The molecule has 5 fully saturated rings. The predicted molar refractivity (Wildman–Crippen MR) is 140 cm³/mol. The molecular formula is C29H48N2O3S. The summed E-state index contributed by atoms with van der Waals surface area (Å²) in [4.78, 5) is 0. The lowest BCUT2D eigenvalue weighted by Gasteiger charge is -2.54. The van der Waals surface area contributed by atoms with Crippen molar-refractivity contribution in [1.82, 2.24) is 10.0 Å². The number of ether oxygens (including phenoxy) is 1. The minimum Gasteiger partial charge on any atom is -0.356 e. The van der Waals surface area contributed by atoms with Crippen LogP contribution in [-0.4, -0.2) is 39.1 Å². The molecule has 2 N–H and O–H groups in total. The fraction of sp³-hybridized carbons (Fsp3) is 0.931. The highest BCUT2D eigenvalue weighted by Gasteiger charge is 2.59. The molecule has 6 aliphatic rings. The molecular weight excluding hydrogens is 456 g/mol. The van der Waals surface area contributed by atoms with E-state index in [4.69, 9.17) is 4.74 Å². The number of rotatable bonds is 2. The Balaban J connectivity index is 1.22. The lowest BCUT2D eigenvalue weighted by Crippen LogP contribution is -2.50. The van der Waals surface area contributed by atoms with E-state index in [1.807, 2.05) is 0 Å². The first-order valence-corrected chi connectivity index (χ1v) is 16.5. The van der Waals surface area contributed by atoms with Gasteiger partial charge in [0.1, 0.15) is 6.23 Å². The summed E-state index contributed by atoms with van der Waals surface area (Å²) in [6.45, 7) is 11.0. The van der Waals surface area contributed by atoms with Gasteiger partial charge < -0.3 is 4.74 Å². The zero-order chi connectivity index (χ0) is 24.8. The Morgan fingerprint density at radius 2 is 1.86 bits per heavy atom. The minimum atomic E-state index is -3.13. The molecule has 0 aromatic heterocycles. The molecule has 2 aliphatic heterocycles. The van der Waals surface area contributed by atoms with Crippen LogP contribution in [0.1, 0.15) is 91.9 Å². The number of sulfonamides is 1. The van der Waals surface area contributed by atoms with Crippen molar-refractivity contribution in [3.05, 3.63) is 11.1 Å². The summed E-state index contributed by atoms with van der Waals surface area (Å²) < 4.78 is 33.6. The molecule has 2 saturated heterocycles. The minimum absolute atomic E-state index is 0.0276. The topological polar surface area (TPSA) is 67.4 Å². The molecule has 2 heterocycles. The van der Waals surface area contributed by atoms with E-state index in [9.17, 15) is 8.42 Å². The maximum atomic E-state index is 11.9. The maximum absolute atomic E-state index is 11.9. The van der Waals surface area contributed by atoms with Crippen LogP contribution < -0.4 is 10.0 Å². The molecule has 6 rings (SSSR count). The van der Waals surface area contributed by atoms with Crippen molar-refractivity contribution in [2.75, 3.05) is 12.8 Å². The van der Waals surface area contributed by atoms with E-state index in [1.165, 1.54) is 51.2 Å². The largest absolute Gasteiger partial charge is 0.356 e. The average molecular weight is 505 g/mol. The Labute approximate surface area is 213 Å². The van der Waals surface area contributed by atoms with Gasteiger partial charge in [-0.2, -0.15) is 0 Å². The van der Waals surface area contributed by atoms with Crippen molar-refractivity contribution in [1.29, 1.82) is 0 Å². The zero-order valence-corrected chi connectivity index (χ0v) is 23.4. The first kappa shape index (κ1) is 24.9. The second-order valence-corrected chi connectivity index (χ2v) is 15.8. The van der Waals surface area contributed by atoms with Crippen LogP contribution in [-0.2, 0) is 14.8 Å². The highest BCUT2D eigenvalue weighted by Crippen LogP contribution is 2.65. The Bertz CT molecular complexity index is 994. The second-order valence-electron chi connectivity index (χ2n) is 14.0. The van der Waals surface area contributed by atoms with E-state index < -0.39 is 10.0 Å². The fourth-order valence-corrected chi connectivity index (χ4v) is 11.1. The van der Waals surface area contributed by atoms with Gasteiger partial charge in [0.2, 0.25) is 10.0 Å². The third-order valence-electron chi connectivity index (χ3n) is 12.1. The molecule has 4 aliphatic carbocycles. The Kier molecular flexibility index (Phi) is 6.07. The molecule has 3 saturated carbocycles. The molecule has 11 atom stereocenters. The first-order valence-electron chi connectivity index (χ1n) is 14.6. The van der Waals surface area contributed by atoms with E-state index in [-0.39, 0.29) is 17.9 Å². The number of piperidine rings is 1. The summed E-state index contributed by atoms with van der Waals surface area (Å²) in [5.74, 6) is 5.02. The van der Waals surface area contributed by atoms with Crippen molar-refractivity contribution < 1.29 is 13.2 Å². The number of hydrogen-bond acceptors (Lipinski definition) is 4. The number of fused-ring (bicyclic) bond motifs is 6. The maximum Gasteiger partial charge on any atom is 0.208 e. The summed E-state index contributed by atoms with van der Waals surface area (Å²) in [6.07, 6.45) is 13.6. The van der Waals surface area contributed by atoms with Crippen molar-refractivity contribution in [2.24, 2.45) is 46.8 Å². The van der Waals surface area contributed by atoms with Crippen LogP contribution in [0.5, 0.6) is 0 Å². The monoisotopic (exact) mass is 504 g/mol. The average Bonchev–Trinajstić information content (AvgIpc) is 3.24. The van der Waals surface area contributed by atoms with E-state index in [2.05, 4.69) is 37.7 Å². The highest BCUT2D eigenvalue weighted by atomic mass is 32.2. The van der Waals surface area contributed by atoms with Gasteiger partial charge in [-0.1, -0.05) is 31.9 Å². The van der Waals surface area contributed by atoms with Gasteiger partial charge in [0, 0.05) is 18.5 Å². The highest BCUT2D eigenvalue weighted by molar-refractivity contribution is 7.88. The molecule has 0 unspecified atom stereocenters. The van der Waals surface area contributed by atoms with Crippen molar-refractivity contribution in [3.8, 4) is 0 Å². The van der Waals surface area contributed by atoms with Crippen LogP contribution in [0.25, 0.3) is 0 Å². The molecule has 0 aromatic rings. The van der Waals surface area contributed by atoms with Crippen LogP contribution >= 0.6 is 0 Å². The SMILES string of the molecule is CC1=C2C[C@H]3[C@@H](CC[C@@H]4C[C@@H](NS(C)(=O)=O)CC[C@@]43C)[C@@H]2CC[C@@]2(C1)O[C@@H]1NC[C@@H](C)C[C@H]1[C@H]2C. The molecule has 0 radical (unpaired) electrons. The lowest BCUT2D eigenvalue weighted by atomic mass is 9.52. The predicted octanol–water partition coefficient (Wildman–Crippen LogP) is 5.23. The van der Waals surface area contributed by atoms with Crippen molar-refractivity contribution in [2.45, 2.75) is 110 Å². The Hall–Kier alpha value is -0.430.